The normalized spacial score (nSPS) is 11.5. The van der Waals surface area contributed by atoms with Crippen molar-refractivity contribution in [3.05, 3.63) is 53.1 Å². The summed E-state index contributed by atoms with van der Waals surface area (Å²) in [6.07, 6.45) is 0. The van der Waals surface area contributed by atoms with Crippen molar-refractivity contribution >= 4 is 21.6 Å². The molecule has 2 aromatic carbocycles. The van der Waals surface area contributed by atoms with E-state index in [0.717, 1.165) is 15.4 Å². The summed E-state index contributed by atoms with van der Waals surface area (Å²) in [4.78, 5) is 12.9. The number of nitrogens with zero attached hydrogens (tertiary/aromatic N) is 1. The number of anilines is 1. The first kappa shape index (κ1) is 19.9. The third kappa shape index (κ3) is 4.05. The Balaban J connectivity index is 2.44. The Kier molecular flexibility index (Phi) is 6.05. The summed E-state index contributed by atoms with van der Waals surface area (Å²) in [6.45, 7) is 5.94. The first-order valence-corrected chi connectivity index (χ1v) is 9.69. The Morgan fingerprint density at radius 1 is 1.15 bits per heavy atom. The molecule has 0 unspecified atom stereocenters. The van der Waals surface area contributed by atoms with Crippen molar-refractivity contribution in [2.45, 2.75) is 25.7 Å². The van der Waals surface area contributed by atoms with Crippen molar-refractivity contribution in [1.29, 1.82) is 0 Å². The second-order valence-electron chi connectivity index (χ2n) is 6.08. The SMILES string of the molecule is CCOc1ccccc1C(=O)Nc1cc(S(=O)(=O)N(C)C)cc(C)c1C. The summed E-state index contributed by atoms with van der Waals surface area (Å²) in [6, 6.07) is 10.0. The number of carbonyl (C=O) groups is 1. The smallest absolute Gasteiger partial charge is 0.259 e. The fraction of sp³-hybridized carbons (Fsp3) is 0.316. The predicted octanol–water partition coefficient (Wildman–Crippen LogP) is 3.20. The van der Waals surface area contributed by atoms with Gasteiger partial charge in [0, 0.05) is 19.8 Å². The van der Waals surface area contributed by atoms with Crippen LogP contribution in [-0.4, -0.2) is 39.3 Å². The zero-order valence-corrected chi connectivity index (χ0v) is 16.5. The number of nitrogens with one attached hydrogen (secondary N) is 1. The molecule has 0 heterocycles. The zero-order valence-electron chi connectivity index (χ0n) is 15.7. The molecule has 0 spiro atoms. The van der Waals surface area contributed by atoms with E-state index in [1.165, 1.54) is 20.2 Å². The van der Waals surface area contributed by atoms with E-state index in [0.29, 0.717) is 23.6 Å². The minimum Gasteiger partial charge on any atom is -0.493 e. The van der Waals surface area contributed by atoms with Gasteiger partial charge in [-0.1, -0.05) is 12.1 Å². The fourth-order valence-electron chi connectivity index (χ4n) is 2.44. The first-order chi connectivity index (χ1) is 12.2. The number of benzene rings is 2. The Bertz CT molecular complexity index is 921. The molecule has 0 radical (unpaired) electrons. The number of carbonyl (C=O) groups excluding carboxylic acids is 1. The lowest BCUT2D eigenvalue weighted by Crippen LogP contribution is -2.23. The van der Waals surface area contributed by atoms with Crippen LogP contribution < -0.4 is 10.1 Å². The molecule has 7 heteroatoms. The third-order valence-corrected chi connectivity index (χ3v) is 5.89. The van der Waals surface area contributed by atoms with E-state index in [4.69, 9.17) is 4.74 Å². The average molecular weight is 376 g/mol. The van der Waals surface area contributed by atoms with E-state index in [-0.39, 0.29) is 10.8 Å². The third-order valence-electron chi connectivity index (χ3n) is 4.10. The first-order valence-electron chi connectivity index (χ1n) is 8.25. The van der Waals surface area contributed by atoms with E-state index in [1.807, 2.05) is 20.8 Å². The highest BCUT2D eigenvalue weighted by Gasteiger charge is 2.21. The van der Waals surface area contributed by atoms with Crippen LogP contribution in [-0.2, 0) is 10.0 Å². The van der Waals surface area contributed by atoms with E-state index in [2.05, 4.69) is 5.32 Å². The molecule has 0 aliphatic rings. The average Bonchev–Trinajstić information content (AvgIpc) is 2.59. The molecule has 1 amide bonds. The van der Waals surface area contributed by atoms with Crippen LogP contribution in [0.5, 0.6) is 5.75 Å². The number of ether oxygens (including phenoxy) is 1. The van der Waals surface area contributed by atoms with Crippen molar-refractivity contribution in [3.8, 4) is 5.75 Å². The van der Waals surface area contributed by atoms with Crippen LogP contribution in [0, 0.1) is 13.8 Å². The van der Waals surface area contributed by atoms with Crippen LogP contribution >= 0.6 is 0 Å². The van der Waals surface area contributed by atoms with Crippen LogP contribution in [0.4, 0.5) is 5.69 Å². The summed E-state index contributed by atoms with van der Waals surface area (Å²) < 4.78 is 31.5. The summed E-state index contributed by atoms with van der Waals surface area (Å²) in [5, 5.41) is 2.82. The molecule has 1 N–H and O–H groups in total. The highest BCUT2D eigenvalue weighted by Crippen LogP contribution is 2.27. The number of amides is 1. The quantitative estimate of drug-likeness (QED) is 0.840. The lowest BCUT2D eigenvalue weighted by molar-refractivity contribution is 0.102. The summed E-state index contributed by atoms with van der Waals surface area (Å²) in [5.74, 6) is 0.134. The molecule has 0 aliphatic carbocycles. The topological polar surface area (TPSA) is 75.7 Å². The monoisotopic (exact) mass is 376 g/mol. The van der Waals surface area contributed by atoms with Gasteiger partial charge in [-0.15, -0.1) is 0 Å². The van der Waals surface area contributed by atoms with Gasteiger partial charge in [0.05, 0.1) is 17.1 Å². The van der Waals surface area contributed by atoms with Crippen LogP contribution in [0.1, 0.15) is 28.4 Å². The maximum Gasteiger partial charge on any atom is 0.259 e. The molecular weight excluding hydrogens is 352 g/mol. The second kappa shape index (κ2) is 7.88. The predicted molar refractivity (Wildman–Crippen MR) is 102 cm³/mol. The van der Waals surface area contributed by atoms with Gasteiger partial charge in [-0.05, 0) is 56.2 Å². The number of hydrogen-bond donors (Lipinski definition) is 1. The van der Waals surface area contributed by atoms with Gasteiger partial charge in [0.15, 0.2) is 0 Å². The Labute approximate surface area is 154 Å². The largest absolute Gasteiger partial charge is 0.493 e. The molecule has 0 atom stereocenters. The Morgan fingerprint density at radius 3 is 2.42 bits per heavy atom. The van der Waals surface area contributed by atoms with Gasteiger partial charge >= 0.3 is 0 Å². The summed E-state index contributed by atoms with van der Waals surface area (Å²) in [7, 11) is -0.652. The summed E-state index contributed by atoms with van der Waals surface area (Å²) in [5.41, 5.74) is 2.44. The second-order valence-corrected chi connectivity index (χ2v) is 8.24. The molecule has 0 fully saturated rings. The molecule has 2 rings (SSSR count). The summed E-state index contributed by atoms with van der Waals surface area (Å²) >= 11 is 0. The van der Waals surface area contributed by atoms with Gasteiger partial charge < -0.3 is 10.1 Å². The lowest BCUT2D eigenvalue weighted by Gasteiger charge is -2.17. The maximum absolute atomic E-state index is 12.7. The number of para-hydroxylation sites is 1. The highest BCUT2D eigenvalue weighted by molar-refractivity contribution is 7.89. The molecular formula is C19H24N2O4S. The van der Waals surface area contributed by atoms with Gasteiger partial charge in [0.2, 0.25) is 10.0 Å². The molecule has 0 aliphatic heterocycles. The van der Waals surface area contributed by atoms with Gasteiger partial charge in [-0.3, -0.25) is 4.79 Å². The van der Waals surface area contributed by atoms with Gasteiger partial charge in [-0.25, -0.2) is 12.7 Å². The number of hydrogen-bond acceptors (Lipinski definition) is 4. The molecule has 2 aromatic rings. The van der Waals surface area contributed by atoms with Crippen molar-refractivity contribution in [2.75, 3.05) is 26.0 Å². The number of rotatable bonds is 6. The van der Waals surface area contributed by atoms with E-state index in [9.17, 15) is 13.2 Å². The van der Waals surface area contributed by atoms with Crippen molar-refractivity contribution < 1.29 is 17.9 Å². The molecule has 0 bridgehead atoms. The highest BCUT2D eigenvalue weighted by atomic mass is 32.2. The molecule has 26 heavy (non-hydrogen) atoms. The lowest BCUT2D eigenvalue weighted by atomic mass is 10.1. The van der Waals surface area contributed by atoms with Crippen molar-refractivity contribution in [2.24, 2.45) is 0 Å². The minimum atomic E-state index is -3.60. The maximum atomic E-state index is 12.7. The van der Waals surface area contributed by atoms with Crippen molar-refractivity contribution in [3.63, 3.8) is 0 Å². The zero-order chi connectivity index (χ0) is 19.5. The standard InChI is InChI=1S/C19H24N2O4S/c1-6-25-18-10-8-7-9-16(18)19(22)20-17-12-15(11-13(2)14(17)3)26(23,24)21(4)5/h7-12H,6H2,1-5H3,(H,20,22). The van der Waals surface area contributed by atoms with Crippen LogP contribution in [0.15, 0.2) is 41.3 Å². The minimum absolute atomic E-state index is 0.138. The van der Waals surface area contributed by atoms with Gasteiger partial charge in [0.1, 0.15) is 5.75 Å². The van der Waals surface area contributed by atoms with Crippen LogP contribution in [0.25, 0.3) is 0 Å². The van der Waals surface area contributed by atoms with Crippen molar-refractivity contribution in [1.82, 2.24) is 4.31 Å². The number of sulfonamides is 1. The number of aryl methyl sites for hydroxylation is 1. The Hall–Kier alpha value is -2.38. The van der Waals surface area contributed by atoms with Crippen LogP contribution in [0.2, 0.25) is 0 Å². The van der Waals surface area contributed by atoms with E-state index in [1.54, 1.807) is 30.3 Å². The molecule has 0 saturated heterocycles. The Morgan fingerprint density at radius 2 is 1.81 bits per heavy atom. The van der Waals surface area contributed by atoms with Gasteiger partial charge in [0.25, 0.3) is 5.91 Å². The molecule has 6 nitrogen and oxygen atoms in total. The molecule has 140 valence electrons. The van der Waals surface area contributed by atoms with Crippen LogP contribution in [0.3, 0.4) is 0 Å². The molecule has 0 aromatic heterocycles. The van der Waals surface area contributed by atoms with E-state index >= 15 is 0 Å². The molecule has 0 saturated carbocycles. The van der Waals surface area contributed by atoms with Gasteiger partial charge in [-0.2, -0.15) is 0 Å². The van der Waals surface area contributed by atoms with E-state index < -0.39 is 10.0 Å². The fourth-order valence-corrected chi connectivity index (χ4v) is 3.46.